The number of nitrogen functional groups attached to an aromatic ring is 1. The van der Waals surface area contributed by atoms with Crippen LogP contribution in [0.15, 0.2) is 91.6 Å². The van der Waals surface area contributed by atoms with E-state index in [-0.39, 0.29) is 35.4 Å². The Kier molecular flexibility index (Phi) is 8.03. The third kappa shape index (κ3) is 6.13. The maximum absolute atomic E-state index is 13.8. The van der Waals surface area contributed by atoms with Gasteiger partial charge in [0.1, 0.15) is 17.2 Å². The van der Waals surface area contributed by atoms with E-state index in [4.69, 9.17) is 15.2 Å². The number of halogens is 3. The van der Waals surface area contributed by atoms with Crippen LogP contribution in [0, 0.1) is 0 Å². The minimum absolute atomic E-state index is 0.0306. The molecule has 1 aromatic heterocycles. The molecule has 10 heteroatoms. The van der Waals surface area contributed by atoms with Gasteiger partial charge in [-0.1, -0.05) is 36.9 Å². The lowest BCUT2D eigenvalue weighted by molar-refractivity contribution is -0.138. The summed E-state index contributed by atoms with van der Waals surface area (Å²) in [6, 6.07) is 18.9. The van der Waals surface area contributed by atoms with Crippen molar-refractivity contribution in [3.63, 3.8) is 0 Å². The van der Waals surface area contributed by atoms with Gasteiger partial charge in [0.15, 0.2) is 5.78 Å². The minimum atomic E-state index is -4.67. The van der Waals surface area contributed by atoms with Crippen LogP contribution in [0.25, 0.3) is 21.7 Å². The number of allylic oxidation sites excluding steroid dienone is 1. The molecule has 0 fully saturated rings. The number of carbonyl (C=O) groups is 2. The average Bonchev–Trinajstić information content (AvgIpc) is 2.99. The molecule has 218 valence electrons. The molecule has 43 heavy (non-hydrogen) atoms. The number of ketones is 1. The Labute approximate surface area is 244 Å². The summed E-state index contributed by atoms with van der Waals surface area (Å²) in [7, 11) is 1.51. The number of ether oxygens (including phenoxy) is 2. The summed E-state index contributed by atoms with van der Waals surface area (Å²) in [4.78, 5) is 29.3. The number of alkyl halides is 3. The molecule has 0 aliphatic rings. The number of pyridine rings is 1. The summed E-state index contributed by atoms with van der Waals surface area (Å²) in [6.07, 6.45) is -2.21. The van der Waals surface area contributed by atoms with Gasteiger partial charge in [0.05, 0.1) is 23.9 Å². The molecule has 0 aliphatic carbocycles. The van der Waals surface area contributed by atoms with Crippen molar-refractivity contribution in [2.24, 2.45) is 0 Å². The summed E-state index contributed by atoms with van der Waals surface area (Å²) in [5, 5.41) is 4.39. The van der Waals surface area contributed by atoms with Gasteiger partial charge in [-0.3, -0.25) is 14.6 Å². The van der Waals surface area contributed by atoms with Crippen LogP contribution >= 0.6 is 0 Å². The second-order valence-corrected chi connectivity index (χ2v) is 9.67. The number of methoxy groups -OCH3 is 1. The van der Waals surface area contributed by atoms with Gasteiger partial charge in [0.2, 0.25) is 0 Å². The zero-order chi connectivity index (χ0) is 30.7. The Bertz CT molecular complexity index is 1890. The molecule has 3 N–H and O–H groups in total. The fourth-order valence-electron chi connectivity index (χ4n) is 4.81. The molecule has 1 heterocycles. The fourth-order valence-corrected chi connectivity index (χ4v) is 4.81. The first kappa shape index (κ1) is 29.1. The van der Waals surface area contributed by atoms with Gasteiger partial charge in [-0.05, 0) is 65.9 Å². The first-order valence-electron chi connectivity index (χ1n) is 13.2. The number of carbonyl (C=O) groups excluding carboxylic acids is 2. The number of nitrogens with zero attached hydrogens (tertiary/aromatic N) is 1. The zero-order valence-corrected chi connectivity index (χ0v) is 23.0. The molecule has 5 aromatic rings. The molecule has 0 saturated heterocycles. The molecule has 7 nitrogen and oxygen atoms in total. The van der Waals surface area contributed by atoms with Crippen LogP contribution in [0.4, 0.5) is 24.5 Å². The largest absolute Gasteiger partial charge is 0.495 e. The number of amides is 1. The van der Waals surface area contributed by atoms with Gasteiger partial charge in [0.25, 0.3) is 5.91 Å². The highest BCUT2D eigenvalue weighted by Gasteiger charge is 2.33. The number of aryl methyl sites for hydroxylation is 1. The topological polar surface area (TPSA) is 104 Å². The lowest BCUT2D eigenvalue weighted by atomic mass is 9.99. The van der Waals surface area contributed by atoms with E-state index in [0.29, 0.717) is 44.6 Å². The van der Waals surface area contributed by atoms with Crippen molar-refractivity contribution < 1.29 is 32.2 Å². The highest BCUT2D eigenvalue weighted by atomic mass is 19.4. The number of anilines is 2. The molecular formula is C33H26F3N3O4. The lowest BCUT2D eigenvalue weighted by Gasteiger charge is -2.16. The van der Waals surface area contributed by atoms with Gasteiger partial charge in [-0.15, -0.1) is 0 Å². The number of fused-ring (bicyclic) bond motifs is 2. The monoisotopic (exact) mass is 585 g/mol. The van der Waals surface area contributed by atoms with E-state index in [1.54, 1.807) is 60.8 Å². The summed E-state index contributed by atoms with van der Waals surface area (Å²) in [5.74, 6) is 0.453. The maximum atomic E-state index is 13.8. The van der Waals surface area contributed by atoms with Crippen molar-refractivity contribution >= 4 is 44.7 Å². The molecular weight excluding hydrogens is 559 g/mol. The van der Waals surface area contributed by atoms with E-state index in [1.807, 2.05) is 0 Å². The van der Waals surface area contributed by atoms with E-state index in [2.05, 4.69) is 16.9 Å². The van der Waals surface area contributed by atoms with E-state index in [9.17, 15) is 22.8 Å². The predicted molar refractivity (Wildman–Crippen MR) is 160 cm³/mol. The van der Waals surface area contributed by atoms with Crippen molar-refractivity contribution in [2.45, 2.75) is 19.0 Å². The van der Waals surface area contributed by atoms with E-state index < -0.39 is 17.6 Å². The number of aromatic nitrogens is 1. The maximum Gasteiger partial charge on any atom is 0.416 e. The van der Waals surface area contributed by atoms with Crippen molar-refractivity contribution in [1.82, 2.24) is 4.98 Å². The van der Waals surface area contributed by atoms with Gasteiger partial charge in [0, 0.05) is 34.6 Å². The van der Waals surface area contributed by atoms with Crippen LogP contribution in [0.5, 0.6) is 17.2 Å². The average molecular weight is 586 g/mol. The smallest absolute Gasteiger partial charge is 0.416 e. The van der Waals surface area contributed by atoms with Gasteiger partial charge in [-0.2, -0.15) is 13.2 Å². The highest BCUT2D eigenvalue weighted by molar-refractivity contribution is 6.14. The summed E-state index contributed by atoms with van der Waals surface area (Å²) < 4.78 is 53.1. The van der Waals surface area contributed by atoms with Crippen LogP contribution in [-0.4, -0.2) is 23.8 Å². The van der Waals surface area contributed by atoms with E-state index in [1.165, 1.54) is 19.2 Å². The van der Waals surface area contributed by atoms with Gasteiger partial charge < -0.3 is 20.5 Å². The van der Waals surface area contributed by atoms with Crippen molar-refractivity contribution in [3.8, 4) is 17.2 Å². The number of rotatable bonds is 9. The normalized spacial score (nSPS) is 11.3. The number of benzene rings is 4. The van der Waals surface area contributed by atoms with Crippen LogP contribution < -0.4 is 20.5 Å². The standard InChI is InChI=1S/C33H26F3N3O4/c1-3-21(40)13-11-19-10-12-20(16-26(19)33(34,35)36)39-32(41)24-8-4-7-23-22(24)6-5-9-29(23)43-30-14-15-38-28-18-27(37)31(42-2)17-25(28)30/h3-10,12,14-18H,1,11,13,37H2,2H3,(H,39,41). The summed E-state index contributed by atoms with van der Waals surface area (Å²) in [6.45, 7) is 3.35. The molecule has 4 aromatic carbocycles. The molecule has 0 bridgehead atoms. The zero-order valence-electron chi connectivity index (χ0n) is 23.0. The second-order valence-electron chi connectivity index (χ2n) is 9.67. The second kappa shape index (κ2) is 11.8. The minimum Gasteiger partial charge on any atom is -0.495 e. The van der Waals surface area contributed by atoms with Crippen LogP contribution in [0.2, 0.25) is 0 Å². The van der Waals surface area contributed by atoms with Gasteiger partial charge in [-0.25, -0.2) is 0 Å². The number of nitrogens with one attached hydrogen (secondary N) is 1. The third-order valence-electron chi connectivity index (χ3n) is 6.94. The third-order valence-corrected chi connectivity index (χ3v) is 6.94. The van der Waals surface area contributed by atoms with Crippen molar-refractivity contribution in [3.05, 3.63) is 108 Å². The Balaban J connectivity index is 1.46. The van der Waals surface area contributed by atoms with E-state index in [0.717, 1.165) is 12.1 Å². The molecule has 0 radical (unpaired) electrons. The Hall–Kier alpha value is -5.38. The molecule has 0 aliphatic heterocycles. The van der Waals surface area contributed by atoms with E-state index >= 15 is 0 Å². The Morgan fingerprint density at radius 2 is 1.70 bits per heavy atom. The summed E-state index contributed by atoms with van der Waals surface area (Å²) >= 11 is 0. The summed E-state index contributed by atoms with van der Waals surface area (Å²) in [5.41, 5.74) is 6.31. The predicted octanol–water partition coefficient (Wildman–Crippen LogP) is 7.73. The van der Waals surface area contributed by atoms with Crippen LogP contribution in [-0.2, 0) is 17.4 Å². The first-order chi connectivity index (χ1) is 20.6. The molecule has 5 rings (SSSR count). The van der Waals surface area contributed by atoms with Crippen LogP contribution in [0.3, 0.4) is 0 Å². The molecule has 0 saturated carbocycles. The molecule has 0 unspecified atom stereocenters. The number of nitrogens with two attached hydrogens (primary N) is 1. The fraction of sp³-hybridized carbons (Fsp3) is 0.121. The van der Waals surface area contributed by atoms with Crippen LogP contribution in [0.1, 0.15) is 27.9 Å². The molecule has 0 atom stereocenters. The van der Waals surface area contributed by atoms with Crippen molar-refractivity contribution in [1.29, 1.82) is 0 Å². The Morgan fingerprint density at radius 1 is 0.953 bits per heavy atom. The first-order valence-corrected chi connectivity index (χ1v) is 13.2. The quantitative estimate of drug-likeness (QED) is 0.136. The molecule has 1 amide bonds. The molecule has 0 spiro atoms. The van der Waals surface area contributed by atoms with Crippen molar-refractivity contribution in [2.75, 3.05) is 18.2 Å². The van der Waals surface area contributed by atoms with Gasteiger partial charge >= 0.3 is 6.18 Å². The number of hydrogen-bond donors (Lipinski definition) is 2. The SMILES string of the molecule is C=CC(=O)CCc1ccc(NC(=O)c2cccc3c(Oc4ccnc5cc(N)c(OC)cc45)cccc23)cc1C(F)(F)F. The number of hydrogen-bond acceptors (Lipinski definition) is 6. The Morgan fingerprint density at radius 3 is 2.44 bits per heavy atom. The lowest BCUT2D eigenvalue weighted by Crippen LogP contribution is -2.15. The highest BCUT2D eigenvalue weighted by Crippen LogP contribution is 2.38.